The lowest BCUT2D eigenvalue weighted by molar-refractivity contribution is 0.337. The fourth-order valence-electron chi connectivity index (χ4n) is 3.51. The summed E-state index contributed by atoms with van der Waals surface area (Å²) in [6.07, 6.45) is 6.11. The van der Waals surface area contributed by atoms with Crippen LogP contribution in [-0.2, 0) is 10.0 Å². The van der Waals surface area contributed by atoms with Crippen LogP contribution in [-0.4, -0.2) is 21.0 Å². The molecular formula is C21H28N2O2S. The van der Waals surface area contributed by atoms with Gasteiger partial charge in [0.05, 0.1) is 4.90 Å². The van der Waals surface area contributed by atoms with Crippen molar-refractivity contribution in [3.63, 3.8) is 0 Å². The SMILES string of the molecule is Cc1ccc(S(=O)(=O)NC[C@H](NC2CCCCC2)c2ccccc2)cc1. The molecule has 3 rings (SSSR count). The van der Waals surface area contributed by atoms with Gasteiger partial charge in [-0.1, -0.05) is 67.3 Å². The highest BCUT2D eigenvalue weighted by Gasteiger charge is 2.22. The van der Waals surface area contributed by atoms with Crippen LogP contribution in [0.2, 0.25) is 0 Å². The third kappa shape index (κ3) is 5.16. The maximum atomic E-state index is 12.6. The number of sulfonamides is 1. The van der Waals surface area contributed by atoms with Crippen molar-refractivity contribution in [3.8, 4) is 0 Å². The number of rotatable bonds is 7. The van der Waals surface area contributed by atoms with Crippen LogP contribution in [0.5, 0.6) is 0 Å². The van der Waals surface area contributed by atoms with Crippen molar-refractivity contribution in [1.82, 2.24) is 10.0 Å². The monoisotopic (exact) mass is 372 g/mol. The Labute approximate surface area is 157 Å². The molecule has 26 heavy (non-hydrogen) atoms. The van der Waals surface area contributed by atoms with Gasteiger partial charge in [-0.15, -0.1) is 0 Å². The van der Waals surface area contributed by atoms with E-state index in [9.17, 15) is 8.42 Å². The molecule has 1 fully saturated rings. The molecule has 0 aliphatic heterocycles. The predicted molar refractivity (Wildman–Crippen MR) is 106 cm³/mol. The Balaban J connectivity index is 1.71. The Morgan fingerprint density at radius 1 is 0.962 bits per heavy atom. The second-order valence-corrected chi connectivity index (χ2v) is 8.90. The predicted octanol–water partition coefficient (Wildman–Crippen LogP) is 3.94. The molecule has 2 aromatic carbocycles. The molecule has 1 aliphatic rings. The molecule has 0 unspecified atom stereocenters. The van der Waals surface area contributed by atoms with E-state index in [1.54, 1.807) is 12.1 Å². The van der Waals surface area contributed by atoms with Crippen LogP contribution in [0.15, 0.2) is 59.5 Å². The Kier molecular flexibility index (Phi) is 6.46. The largest absolute Gasteiger partial charge is 0.306 e. The first-order valence-electron chi connectivity index (χ1n) is 9.42. The number of nitrogens with one attached hydrogen (secondary N) is 2. The third-order valence-electron chi connectivity index (χ3n) is 5.05. The molecule has 0 saturated heterocycles. The first-order valence-corrected chi connectivity index (χ1v) is 10.9. The smallest absolute Gasteiger partial charge is 0.240 e. The fourth-order valence-corrected chi connectivity index (χ4v) is 4.55. The molecule has 140 valence electrons. The first-order chi connectivity index (χ1) is 12.5. The van der Waals surface area contributed by atoms with Crippen LogP contribution in [0.4, 0.5) is 0 Å². The zero-order chi connectivity index (χ0) is 18.4. The molecule has 1 saturated carbocycles. The van der Waals surface area contributed by atoms with Crippen LogP contribution in [0.1, 0.15) is 49.3 Å². The van der Waals surface area contributed by atoms with E-state index in [0.29, 0.717) is 17.5 Å². The van der Waals surface area contributed by atoms with Gasteiger partial charge in [0.1, 0.15) is 0 Å². The number of aryl methyl sites for hydroxylation is 1. The van der Waals surface area contributed by atoms with Gasteiger partial charge in [-0.05, 0) is 37.5 Å². The van der Waals surface area contributed by atoms with Gasteiger partial charge >= 0.3 is 0 Å². The van der Waals surface area contributed by atoms with Gasteiger partial charge in [0.2, 0.25) is 10.0 Å². The Hall–Kier alpha value is -1.69. The molecule has 2 N–H and O–H groups in total. The van der Waals surface area contributed by atoms with Crippen molar-refractivity contribution in [2.24, 2.45) is 0 Å². The molecule has 0 heterocycles. The van der Waals surface area contributed by atoms with Gasteiger partial charge in [-0.2, -0.15) is 0 Å². The maximum Gasteiger partial charge on any atom is 0.240 e. The van der Waals surface area contributed by atoms with Crippen LogP contribution in [0.3, 0.4) is 0 Å². The van der Waals surface area contributed by atoms with Crippen molar-refractivity contribution in [2.75, 3.05) is 6.54 Å². The molecule has 0 bridgehead atoms. The number of hydrogen-bond donors (Lipinski definition) is 2. The highest BCUT2D eigenvalue weighted by Crippen LogP contribution is 2.22. The Morgan fingerprint density at radius 3 is 2.27 bits per heavy atom. The lowest BCUT2D eigenvalue weighted by Crippen LogP contribution is -2.40. The van der Waals surface area contributed by atoms with Crippen LogP contribution >= 0.6 is 0 Å². The van der Waals surface area contributed by atoms with Crippen LogP contribution < -0.4 is 10.0 Å². The van der Waals surface area contributed by atoms with Crippen molar-refractivity contribution in [2.45, 2.75) is 56.0 Å². The minimum atomic E-state index is -3.51. The van der Waals surface area contributed by atoms with Gasteiger partial charge in [0.25, 0.3) is 0 Å². The van der Waals surface area contributed by atoms with Gasteiger partial charge < -0.3 is 5.32 Å². The van der Waals surface area contributed by atoms with E-state index in [-0.39, 0.29) is 6.04 Å². The van der Waals surface area contributed by atoms with E-state index < -0.39 is 10.0 Å². The molecule has 1 atom stereocenters. The van der Waals surface area contributed by atoms with E-state index in [1.165, 1.54) is 19.3 Å². The molecule has 0 amide bonds. The van der Waals surface area contributed by atoms with Crippen molar-refractivity contribution in [3.05, 3.63) is 65.7 Å². The number of benzene rings is 2. The summed E-state index contributed by atoms with van der Waals surface area (Å²) in [5.41, 5.74) is 2.16. The molecule has 1 aliphatic carbocycles. The normalized spacial score (nSPS) is 17.1. The molecule has 0 spiro atoms. The summed E-state index contributed by atoms with van der Waals surface area (Å²) in [6, 6.07) is 17.5. The minimum absolute atomic E-state index is 0.0282. The maximum absolute atomic E-state index is 12.6. The highest BCUT2D eigenvalue weighted by molar-refractivity contribution is 7.89. The summed E-state index contributed by atoms with van der Waals surface area (Å²) >= 11 is 0. The number of hydrogen-bond acceptors (Lipinski definition) is 3. The van der Waals surface area contributed by atoms with Gasteiger partial charge in [-0.25, -0.2) is 13.1 Å². The summed E-state index contributed by atoms with van der Waals surface area (Å²) in [4.78, 5) is 0.313. The van der Waals surface area contributed by atoms with E-state index in [2.05, 4.69) is 22.2 Å². The standard InChI is InChI=1S/C21H28N2O2S/c1-17-12-14-20(15-13-17)26(24,25)22-16-21(18-8-4-2-5-9-18)23-19-10-6-3-7-11-19/h2,4-5,8-9,12-15,19,21-23H,3,6-7,10-11,16H2,1H3/t21-/m0/s1. The highest BCUT2D eigenvalue weighted by atomic mass is 32.2. The summed E-state index contributed by atoms with van der Waals surface area (Å²) in [7, 11) is -3.51. The van der Waals surface area contributed by atoms with Crippen molar-refractivity contribution in [1.29, 1.82) is 0 Å². The van der Waals surface area contributed by atoms with Crippen LogP contribution in [0.25, 0.3) is 0 Å². The van der Waals surface area contributed by atoms with E-state index in [1.807, 2.05) is 37.3 Å². The lowest BCUT2D eigenvalue weighted by Gasteiger charge is -2.29. The minimum Gasteiger partial charge on any atom is -0.306 e. The molecule has 2 aromatic rings. The fraction of sp³-hybridized carbons (Fsp3) is 0.429. The Bertz CT molecular complexity index is 783. The average Bonchev–Trinajstić information content (AvgIpc) is 2.67. The Morgan fingerprint density at radius 2 is 1.62 bits per heavy atom. The summed E-state index contributed by atoms with van der Waals surface area (Å²) in [6.45, 7) is 2.29. The average molecular weight is 373 g/mol. The van der Waals surface area contributed by atoms with Crippen molar-refractivity contribution >= 4 is 10.0 Å². The lowest BCUT2D eigenvalue weighted by atomic mass is 9.94. The van der Waals surface area contributed by atoms with Gasteiger partial charge in [0, 0.05) is 18.6 Å². The van der Waals surface area contributed by atoms with Gasteiger partial charge in [-0.3, -0.25) is 0 Å². The second-order valence-electron chi connectivity index (χ2n) is 7.13. The van der Waals surface area contributed by atoms with Gasteiger partial charge in [0.15, 0.2) is 0 Å². The molecular weight excluding hydrogens is 344 g/mol. The first kappa shape index (κ1) is 19.1. The van der Waals surface area contributed by atoms with E-state index >= 15 is 0 Å². The molecule has 0 radical (unpaired) electrons. The quantitative estimate of drug-likeness (QED) is 0.774. The zero-order valence-corrected chi connectivity index (χ0v) is 16.1. The third-order valence-corrected chi connectivity index (χ3v) is 6.49. The van der Waals surface area contributed by atoms with Crippen molar-refractivity contribution < 1.29 is 8.42 Å². The topological polar surface area (TPSA) is 58.2 Å². The molecule has 0 aromatic heterocycles. The molecule has 5 heteroatoms. The summed E-state index contributed by atoms with van der Waals surface area (Å²) in [5.74, 6) is 0. The summed E-state index contributed by atoms with van der Waals surface area (Å²) < 4.78 is 28.1. The van der Waals surface area contributed by atoms with E-state index in [0.717, 1.165) is 24.0 Å². The van der Waals surface area contributed by atoms with E-state index in [4.69, 9.17) is 0 Å². The zero-order valence-electron chi connectivity index (χ0n) is 15.3. The second kappa shape index (κ2) is 8.80. The molecule has 4 nitrogen and oxygen atoms in total. The summed E-state index contributed by atoms with van der Waals surface area (Å²) in [5, 5.41) is 3.68. The van der Waals surface area contributed by atoms with Crippen LogP contribution in [0, 0.1) is 6.92 Å².